The van der Waals surface area contributed by atoms with Crippen LogP contribution in [-0.4, -0.2) is 43.2 Å². The number of carbonyl (C=O) groups excluding carboxylic acids is 1. The molecule has 19 heavy (non-hydrogen) atoms. The number of hydrogen-bond acceptors (Lipinski definition) is 6. The molecule has 0 saturated carbocycles. The predicted octanol–water partition coefficient (Wildman–Crippen LogP) is 1.43. The van der Waals surface area contributed by atoms with Crippen LogP contribution >= 0.6 is 0 Å². The van der Waals surface area contributed by atoms with Crippen molar-refractivity contribution in [3.63, 3.8) is 0 Å². The SMILES string of the molecule is CCOC(=O)c1coc(N(CC)C2CCCNC2)n1. The van der Waals surface area contributed by atoms with Gasteiger partial charge >= 0.3 is 5.97 Å². The van der Waals surface area contributed by atoms with E-state index in [1.54, 1.807) is 6.92 Å². The van der Waals surface area contributed by atoms with Gasteiger partial charge in [-0.25, -0.2) is 4.79 Å². The standard InChI is InChI=1S/C13H21N3O3/c1-3-16(10-6-5-7-14-8-10)13-15-11(9-19-13)12(17)18-4-2/h9-10,14H,3-8H2,1-2H3. The molecule has 1 unspecified atom stereocenters. The van der Waals surface area contributed by atoms with E-state index in [1.165, 1.54) is 6.26 Å². The first-order valence-corrected chi connectivity index (χ1v) is 6.86. The lowest BCUT2D eigenvalue weighted by Gasteiger charge is -2.32. The van der Waals surface area contributed by atoms with Crippen LogP contribution < -0.4 is 10.2 Å². The molecule has 1 saturated heterocycles. The Hall–Kier alpha value is -1.56. The fraction of sp³-hybridized carbons (Fsp3) is 0.692. The van der Waals surface area contributed by atoms with Crippen LogP contribution in [0.2, 0.25) is 0 Å². The summed E-state index contributed by atoms with van der Waals surface area (Å²) >= 11 is 0. The van der Waals surface area contributed by atoms with E-state index >= 15 is 0 Å². The molecule has 0 bridgehead atoms. The van der Waals surface area contributed by atoms with Crippen molar-refractivity contribution in [1.82, 2.24) is 10.3 Å². The Kier molecular flexibility index (Phi) is 4.79. The van der Waals surface area contributed by atoms with E-state index in [0.717, 1.165) is 32.5 Å². The molecular weight excluding hydrogens is 246 g/mol. The molecule has 1 N–H and O–H groups in total. The van der Waals surface area contributed by atoms with Gasteiger partial charge in [0.05, 0.1) is 6.61 Å². The van der Waals surface area contributed by atoms with Gasteiger partial charge in [0.1, 0.15) is 6.26 Å². The Balaban J connectivity index is 2.08. The maximum atomic E-state index is 11.6. The van der Waals surface area contributed by atoms with Gasteiger partial charge in [-0.1, -0.05) is 0 Å². The summed E-state index contributed by atoms with van der Waals surface area (Å²) in [6.07, 6.45) is 3.62. The topological polar surface area (TPSA) is 67.6 Å². The highest BCUT2D eigenvalue weighted by atomic mass is 16.5. The number of rotatable bonds is 5. The second kappa shape index (κ2) is 6.56. The molecule has 1 aliphatic rings. The number of nitrogens with one attached hydrogen (secondary N) is 1. The van der Waals surface area contributed by atoms with Crippen LogP contribution in [-0.2, 0) is 4.74 Å². The molecular formula is C13H21N3O3. The van der Waals surface area contributed by atoms with Crippen LogP contribution in [0.3, 0.4) is 0 Å². The zero-order valence-electron chi connectivity index (χ0n) is 11.5. The Morgan fingerprint density at radius 2 is 2.47 bits per heavy atom. The summed E-state index contributed by atoms with van der Waals surface area (Å²) in [5, 5.41) is 3.37. The van der Waals surface area contributed by atoms with Gasteiger partial charge in [-0.3, -0.25) is 0 Å². The van der Waals surface area contributed by atoms with Crippen molar-refractivity contribution in [2.75, 3.05) is 31.1 Å². The van der Waals surface area contributed by atoms with Crippen LogP contribution in [0.25, 0.3) is 0 Å². The average molecular weight is 267 g/mol. The van der Waals surface area contributed by atoms with Gasteiger partial charge in [0.15, 0.2) is 5.69 Å². The first kappa shape index (κ1) is 13.9. The zero-order valence-corrected chi connectivity index (χ0v) is 11.5. The maximum Gasteiger partial charge on any atom is 0.360 e. The number of aromatic nitrogens is 1. The molecule has 1 fully saturated rings. The summed E-state index contributed by atoms with van der Waals surface area (Å²) in [4.78, 5) is 17.9. The first-order chi connectivity index (χ1) is 9.26. The lowest BCUT2D eigenvalue weighted by molar-refractivity contribution is 0.0519. The number of esters is 1. The van der Waals surface area contributed by atoms with Gasteiger partial charge in [0.2, 0.25) is 0 Å². The largest absolute Gasteiger partial charge is 0.461 e. The van der Waals surface area contributed by atoms with Crippen molar-refractivity contribution in [3.05, 3.63) is 12.0 Å². The molecule has 1 atom stereocenters. The minimum atomic E-state index is -0.435. The molecule has 0 radical (unpaired) electrons. The number of likely N-dealkylation sites (N-methyl/N-ethyl adjacent to an activating group) is 1. The molecule has 0 spiro atoms. The van der Waals surface area contributed by atoms with Crippen LogP contribution in [0, 0.1) is 0 Å². The summed E-state index contributed by atoms with van der Waals surface area (Å²) in [6.45, 7) is 6.95. The second-order valence-electron chi connectivity index (χ2n) is 4.52. The monoisotopic (exact) mass is 267 g/mol. The Labute approximate surface area is 113 Å². The highest BCUT2D eigenvalue weighted by molar-refractivity contribution is 5.87. The number of anilines is 1. The minimum Gasteiger partial charge on any atom is -0.461 e. The molecule has 6 heteroatoms. The van der Waals surface area contributed by atoms with E-state index in [0.29, 0.717) is 18.7 Å². The molecule has 0 amide bonds. The van der Waals surface area contributed by atoms with Crippen molar-refractivity contribution < 1.29 is 13.9 Å². The molecule has 0 aliphatic carbocycles. The molecule has 6 nitrogen and oxygen atoms in total. The van der Waals surface area contributed by atoms with Gasteiger partial charge < -0.3 is 19.4 Å². The van der Waals surface area contributed by atoms with Gasteiger partial charge in [-0.2, -0.15) is 4.98 Å². The number of ether oxygens (including phenoxy) is 1. The van der Waals surface area contributed by atoms with Crippen molar-refractivity contribution in [3.8, 4) is 0 Å². The van der Waals surface area contributed by atoms with Crippen molar-refractivity contribution in [2.45, 2.75) is 32.7 Å². The summed E-state index contributed by atoms with van der Waals surface area (Å²) in [7, 11) is 0. The normalized spacial score (nSPS) is 19.2. The Bertz CT molecular complexity index is 413. The third-order valence-corrected chi connectivity index (χ3v) is 3.27. The third-order valence-electron chi connectivity index (χ3n) is 3.27. The first-order valence-electron chi connectivity index (χ1n) is 6.86. The lowest BCUT2D eigenvalue weighted by atomic mass is 10.1. The predicted molar refractivity (Wildman–Crippen MR) is 71.4 cm³/mol. The van der Waals surface area contributed by atoms with Crippen LogP contribution in [0.1, 0.15) is 37.2 Å². The summed E-state index contributed by atoms with van der Waals surface area (Å²) in [5.74, 6) is -0.435. The summed E-state index contributed by atoms with van der Waals surface area (Å²) in [6, 6.07) is 0.867. The van der Waals surface area contributed by atoms with E-state index in [2.05, 4.69) is 22.1 Å². The average Bonchev–Trinajstić information content (AvgIpc) is 2.91. The van der Waals surface area contributed by atoms with Crippen molar-refractivity contribution in [1.29, 1.82) is 0 Å². The number of carbonyl (C=O) groups is 1. The van der Waals surface area contributed by atoms with E-state index < -0.39 is 5.97 Å². The quantitative estimate of drug-likeness (QED) is 0.814. The second-order valence-corrected chi connectivity index (χ2v) is 4.52. The van der Waals surface area contributed by atoms with Gasteiger partial charge in [0, 0.05) is 19.1 Å². The molecule has 2 heterocycles. The summed E-state index contributed by atoms with van der Waals surface area (Å²) < 4.78 is 10.3. The zero-order chi connectivity index (χ0) is 13.7. The molecule has 0 aromatic carbocycles. The Morgan fingerprint density at radius 3 is 3.11 bits per heavy atom. The van der Waals surface area contributed by atoms with Gasteiger partial charge in [-0.05, 0) is 33.2 Å². The minimum absolute atomic E-state index is 0.235. The highest BCUT2D eigenvalue weighted by Crippen LogP contribution is 2.20. The molecule has 1 aromatic rings. The van der Waals surface area contributed by atoms with E-state index in [4.69, 9.17) is 9.15 Å². The molecule has 106 valence electrons. The maximum absolute atomic E-state index is 11.6. The number of nitrogens with zero attached hydrogens (tertiary/aromatic N) is 2. The van der Waals surface area contributed by atoms with Gasteiger partial charge in [-0.15, -0.1) is 0 Å². The fourth-order valence-electron chi connectivity index (χ4n) is 2.34. The van der Waals surface area contributed by atoms with Crippen molar-refractivity contribution in [2.24, 2.45) is 0 Å². The molecule has 2 rings (SSSR count). The van der Waals surface area contributed by atoms with E-state index in [1.807, 2.05) is 0 Å². The van der Waals surface area contributed by atoms with E-state index in [9.17, 15) is 4.79 Å². The number of hydrogen-bond donors (Lipinski definition) is 1. The highest BCUT2D eigenvalue weighted by Gasteiger charge is 2.24. The fourth-order valence-corrected chi connectivity index (χ4v) is 2.34. The van der Waals surface area contributed by atoms with Crippen LogP contribution in [0.5, 0.6) is 0 Å². The third kappa shape index (κ3) is 3.26. The molecule has 1 aliphatic heterocycles. The van der Waals surface area contributed by atoms with Crippen LogP contribution in [0.15, 0.2) is 10.7 Å². The number of oxazole rings is 1. The van der Waals surface area contributed by atoms with Crippen molar-refractivity contribution >= 4 is 12.0 Å². The lowest BCUT2D eigenvalue weighted by Crippen LogP contribution is -2.46. The molecule has 1 aromatic heterocycles. The Morgan fingerprint density at radius 1 is 1.63 bits per heavy atom. The van der Waals surface area contributed by atoms with Gasteiger partial charge in [0.25, 0.3) is 6.01 Å². The number of piperidine rings is 1. The van der Waals surface area contributed by atoms with E-state index in [-0.39, 0.29) is 5.69 Å². The smallest absolute Gasteiger partial charge is 0.360 e. The summed E-state index contributed by atoms with van der Waals surface area (Å²) in [5.41, 5.74) is 0.235. The van der Waals surface area contributed by atoms with Crippen LogP contribution in [0.4, 0.5) is 6.01 Å².